The molecule has 1 aromatic carbocycles. The zero-order valence-electron chi connectivity index (χ0n) is 8.96. The second-order valence-corrected chi connectivity index (χ2v) is 5.25. The third kappa shape index (κ3) is 3.93. The molecule has 2 nitrogen and oxygen atoms in total. The van der Waals surface area contributed by atoms with Crippen molar-refractivity contribution in [3.05, 3.63) is 23.2 Å². The average molecular weight is 246 g/mol. The Labute approximate surface area is 99.8 Å². The van der Waals surface area contributed by atoms with E-state index in [2.05, 4.69) is 0 Å². The molecule has 15 heavy (non-hydrogen) atoms. The van der Waals surface area contributed by atoms with Gasteiger partial charge in [0, 0.05) is 16.3 Å². The van der Waals surface area contributed by atoms with Crippen molar-refractivity contribution < 1.29 is 5.11 Å². The van der Waals surface area contributed by atoms with Gasteiger partial charge in [0.2, 0.25) is 0 Å². The molecule has 0 aliphatic heterocycles. The number of thioether (sulfide) groups is 1. The average Bonchev–Trinajstić information content (AvgIpc) is 2.16. The lowest BCUT2D eigenvalue weighted by Gasteiger charge is -2.20. The fourth-order valence-electron chi connectivity index (χ4n) is 0.969. The molecule has 0 aromatic heterocycles. The highest BCUT2D eigenvalue weighted by molar-refractivity contribution is 7.99. The fourth-order valence-corrected chi connectivity index (χ4v) is 2.35. The number of halogens is 1. The fraction of sp³-hybridized carbons (Fsp3) is 0.455. The summed E-state index contributed by atoms with van der Waals surface area (Å²) >= 11 is 7.57. The van der Waals surface area contributed by atoms with E-state index in [1.807, 2.05) is 26.0 Å². The molecule has 0 saturated heterocycles. The van der Waals surface area contributed by atoms with Crippen LogP contribution in [-0.2, 0) is 0 Å². The second kappa shape index (κ2) is 5.10. The van der Waals surface area contributed by atoms with Gasteiger partial charge in [0.05, 0.1) is 10.6 Å². The number of anilines is 1. The van der Waals surface area contributed by atoms with E-state index in [0.717, 1.165) is 11.3 Å². The molecule has 1 atom stereocenters. The highest BCUT2D eigenvalue weighted by atomic mass is 35.5. The molecule has 0 aliphatic rings. The van der Waals surface area contributed by atoms with E-state index < -0.39 is 5.60 Å². The quantitative estimate of drug-likeness (QED) is 0.633. The first-order valence-electron chi connectivity index (χ1n) is 4.85. The van der Waals surface area contributed by atoms with Crippen molar-refractivity contribution in [3.63, 3.8) is 0 Å². The molecule has 3 N–H and O–H groups in total. The lowest BCUT2D eigenvalue weighted by atomic mass is 10.1. The Morgan fingerprint density at radius 2 is 2.20 bits per heavy atom. The van der Waals surface area contributed by atoms with Crippen molar-refractivity contribution in [1.82, 2.24) is 0 Å². The lowest BCUT2D eigenvalue weighted by Crippen LogP contribution is -2.25. The van der Waals surface area contributed by atoms with Gasteiger partial charge in [-0.15, -0.1) is 11.8 Å². The van der Waals surface area contributed by atoms with Gasteiger partial charge in [0.1, 0.15) is 0 Å². The molecular weight excluding hydrogens is 230 g/mol. The predicted molar refractivity (Wildman–Crippen MR) is 67.5 cm³/mol. The zero-order valence-corrected chi connectivity index (χ0v) is 10.5. The second-order valence-electron chi connectivity index (χ2n) is 3.83. The number of hydrogen-bond acceptors (Lipinski definition) is 3. The van der Waals surface area contributed by atoms with Crippen molar-refractivity contribution in [1.29, 1.82) is 0 Å². The van der Waals surface area contributed by atoms with Gasteiger partial charge in [-0.25, -0.2) is 0 Å². The SMILES string of the molecule is CCC(C)(O)CSc1ccc(N)cc1Cl. The van der Waals surface area contributed by atoms with Gasteiger partial charge >= 0.3 is 0 Å². The number of hydrogen-bond donors (Lipinski definition) is 2. The molecule has 1 rings (SSSR count). The van der Waals surface area contributed by atoms with Crippen LogP contribution in [0.5, 0.6) is 0 Å². The molecule has 84 valence electrons. The first kappa shape index (κ1) is 12.7. The van der Waals surface area contributed by atoms with E-state index in [4.69, 9.17) is 17.3 Å². The molecule has 0 aliphatic carbocycles. The summed E-state index contributed by atoms with van der Waals surface area (Å²) in [7, 11) is 0. The lowest BCUT2D eigenvalue weighted by molar-refractivity contribution is 0.0816. The van der Waals surface area contributed by atoms with E-state index in [9.17, 15) is 5.11 Å². The highest BCUT2D eigenvalue weighted by Crippen LogP contribution is 2.31. The topological polar surface area (TPSA) is 46.2 Å². The monoisotopic (exact) mass is 245 g/mol. The molecule has 0 fully saturated rings. The van der Waals surface area contributed by atoms with Gasteiger partial charge in [-0.05, 0) is 31.5 Å². The van der Waals surface area contributed by atoms with Crippen LogP contribution < -0.4 is 5.73 Å². The van der Waals surface area contributed by atoms with Crippen LogP contribution in [-0.4, -0.2) is 16.5 Å². The molecule has 0 saturated carbocycles. The summed E-state index contributed by atoms with van der Waals surface area (Å²) in [6.07, 6.45) is 0.729. The first-order chi connectivity index (χ1) is 6.94. The molecule has 1 unspecified atom stereocenters. The van der Waals surface area contributed by atoms with E-state index in [-0.39, 0.29) is 0 Å². The Hall–Kier alpha value is -0.380. The summed E-state index contributed by atoms with van der Waals surface area (Å²) in [5, 5.41) is 10.5. The normalized spacial score (nSPS) is 14.9. The van der Waals surface area contributed by atoms with E-state index in [1.54, 1.807) is 17.8 Å². The van der Waals surface area contributed by atoms with Crippen LogP contribution in [0.1, 0.15) is 20.3 Å². The molecule has 0 spiro atoms. The van der Waals surface area contributed by atoms with Crippen molar-refractivity contribution >= 4 is 29.1 Å². The van der Waals surface area contributed by atoms with Crippen LogP contribution in [0.25, 0.3) is 0 Å². The van der Waals surface area contributed by atoms with E-state index >= 15 is 0 Å². The Kier molecular flexibility index (Phi) is 4.32. The number of nitrogens with two attached hydrogens (primary N) is 1. The van der Waals surface area contributed by atoms with Crippen LogP contribution in [0.3, 0.4) is 0 Å². The Balaban J connectivity index is 2.66. The van der Waals surface area contributed by atoms with Crippen LogP contribution in [0.2, 0.25) is 5.02 Å². The van der Waals surface area contributed by atoms with E-state index in [1.165, 1.54) is 0 Å². The molecule has 0 bridgehead atoms. The van der Waals surface area contributed by atoms with Crippen LogP contribution in [0.15, 0.2) is 23.1 Å². The largest absolute Gasteiger partial charge is 0.399 e. The molecule has 1 aromatic rings. The standard InChI is InChI=1S/C11H16ClNOS/c1-3-11(2,14)7-15-10-5-4-8(13)6-9(10)12/h4-6,14H,3,7,13H2,1-2H3. The third-order valence-electron chi connectivity index (χ3n) is 2.26. The van der Waals surface area contributed by atoms with E-state index in [0.29, 0.717) is 16.5 Å². The van der Waals surface area contributed by atoms with Gasteiger partial charge in [0.25, 0.3) is 0 Å². The minimum atomic E-state index is -0.643. The van der Waals surface area contributed by atoms with Crippen molar-refractivity contribution in [2.24, 2.45) is 0 Å². The third-order valence-corrected chi connectivity index (χ3v) is 4.11. The van der Waals surface area contributed by atoms with Gasteiger partial charge in [-0.3, -0.25) is 0 Å². The van der Waals surface area contributed by atoms with Gasteiger partial charge in [0.15, 0.2) is 0 Å². The summed E-state index contributed by atoms with van der Waals surface area (Å²) in [5.74, 6) is 0.632. The van der Waals surface area contributed by atoms with Crippen molar-refractivity contribution in [3.8, 4) is 0 Å². The van der Waals surface area contributed by atoms with Crippen LogP contribution in [0, 0.1) is 0 Å². The molecule has 0 amide bonds. The van der Waals surface area contributed by atoms with Gasteiger partial charge in [-0.2, -0.15) is 0 Å². The Bertz CT molecular complexity index is 341. The minimum Gasteiger partial charge on any atom is -0.399 e. The maximum atomic E-state index is 9.84. The summed E-state index contributed by atoms with van der Waals surface area (Å²) in [6.45, 7) is 3.79. The Morgan fingerprint density at radius 3 is 2.73 bits per heavy atom. The smallest absolute Gasteiger partial charge is 0.0710 e. The maximum Gasteiger partial charge on any atom is 0.0710 e. The predicted octanol–water partition coefficient (Wildman–Crippen LogP) is 3.18. The molecule has 0 heterocycles. The minimum absolute atomic E-state index is 0.632. The molecular formula is C11H16ClNOS. The summed E-state index contributed by atoms with van der Waals surface area (Å²) in [4.78, 5) is 0.958. The number of rotatable bonds is 4. The first-order valence-corrected chi connectivity index (χ1v) is 6.21. The van der Waals surface area contributed by atoms with Crippen molar-refractivity contribution in [2.75, 3.05) is 11.5 Å². The summed E-state index contributed by atoms with van der Waals surface area (Å²) in [6, 6.07) is 5.42. The number of benzene rings is 1. The molecule has 0 radical (unpaired) electrons. The van der Waals surface area contributed by atoms with Gasteiger partial charge < -0.3 is 10.8 Å². The van der Waals surface area contributed by atoms with Gasteiger partial charge in [-0.1, -0.05) is 18.5 Å². The van der Waals surface area contributed by atoms with Crippen LogP contribution >= 0.6 is 23.4 Å². The summed E-state index contributed by atoms with van der Waals surface area (Å²) in [5.41, 5.74) is 5.61. The van der Waals surface area contributed by atoms with Crippen molar-refractivity contribution in [2.45, 2.75) is 30.8 Å². The summed E-state index contributed by atoms with van der Waals surface area (Å²) < 4.78 is 0. The maximum absolute atomic E-state index is 9.84. The Morgan fingerprint density at radius 1 is 1.53 bits per heavy atom. The molecule has 4 heteroatoms. The highest BCUT2D eigenvalue weighted by Gasteiger charge is 2.18. The number of aliphatic hydroxyl groups is 1. The van der Waals surface area contributed by atoms with Crippen LogP contribution in [0.4, 0.5) is 5.69 Å². The zero-order chi connectivity index (χ0) is 11.5. The number of nitrogen functional groups attached to an aromatic ring is 1.